The summed E-state index contributed by atoms with van der Waals surface area (Å²) in [4.78, 5) is 0. The third kappa shape index (κ3) is 4.94. The molecular weight excluding hydrogens is 321 g/mol. The van der Waals surface area contributed by atoms with Gasteiger partial charge in [-0.2, -0.15) is 0 Å². The Morgan fingerprint density at radius 2 is 1.68 bits per heavy atom. The zero-order valence-corrected chi connectivity index (χ0v) is 13.9. The minimum atomic E-state index is -2.01. The SMILES string of the molecule is CCO[Si](C)(C)CCCCN(F)c1cc(F)c(F)c(F)c1F. The topological polar surface area (TPSA) is 12.5 Å². The second-order valence-electron chi connectivity index (χ2n) is 5.56. The summed E-state index contributed by atoms with van der Waals surface area (Å²) in [6.07, 6.45) is 1.01. The molecule has 22 heavy (non-hydrogen) atoms. The Kier molecular flexibility index (Phi) is 6.80. The smallest absolute Gasteiger partial charge is 0.199 e. The van der Waals surface area contributed by atoms with Crippen molar-refractivity contribution >= 4 is 14.0 Å². The summed E-state index contributed by atoms with van der Waals surface area (Å²) in [7, 11) is -1.78. The molecule has 0 fully saturated rings. The van der Waals surface area contributed by atoms with Crippen molar-refractivity contribution in [3.05, 3.63) is 29.3 Å². The molecule has 0 amide bonds. The normalized spacial score (nSPS) is 11.8. The summed E-state index contributed by atoms with van der Waals surface area (Å²) >= 11 is 0. The van der Waals surface area contributed by atoms with Crippen LogP contribution in [-0.4, -0.2) is 21.5 Å². The van der Waals surface area contributed by atoms with Crippen LogP contribution in [0, 0.1) is 23.3 Å². The van der Waals surface area contributed by atoms with Gasteiger partial charge < -0.3 is 4.43 Å². The first-order chi connectivity index (χ1) is 10.2. The molecule has 0 aliphatic carbocycles. The molecule has 0 N–H and O–H groups in total. The molecule has 0 spiro atoms. The fourth-order valence-electron chi connectivity index (χ4n) is 2.12. The Morgan fingerprint density at radius 1 is 1.05 bits per heavy atom. The van der Waals surface area contributed by atoms with Crippen molar-refractivity contribution < 1.29 is 26.5 Å². The van der Waals surface area contributed by atoms with Gasteiger partial charge >= 0.3 is 0 Å². The van der Waals surface area contributed by atoms with Crippen LogP contribution in [0.5, 0.6) is 0 Å². The van der Waals surface area contributed by atoms with Crippen molar-refractivity contribution in [2.45, 2.75) is 38.9 Å². The van der Waals surface area contributed by atoms with Gasteiger partial charge in [-0.3, -0.25) is 0 Å². The molecule has 8 heteroatoms. The van der Waals surface area contributed by atoms with Crippen molar-refractivity contribution in [3.8, 4) is 0 Å². The highest BCUT2D eigenvalue weighted by Crippen LogP contribution is 2.27. The Morgan fingerprint density at radius 3 is 2.27 bits per heavy atom. The molecule has 0 saturated heterocycles. The molecule has 1 aromatic rings. The van der Waals surface area contributed by atoms with Crippen molar-refractivity contribution in [1.82, 2.24) is 0 Å². The van der Waals surface area contributed by atoms with E-state index in [1.165, 1.54) is 0 Å². The predicted octanol–water partition coefficient (Wildman–Crippen LogP) is 4.96. The summed E-state index contributed by atoms with van der Waals surface area (Å²) in [5, 5.41) is -0.101. The highest BCUT2D eigenvalue weighted by molar-refractivity contribution is 6.71. The van der Waals surface area contributed by atoms with Gasteiger partial charge in [-0.15, -0.1) is 0 Å². The second-order valence-corrected chi connectivity index (χ2v) is 9.86. The molecule has 1 aromatic carbocycles. The number of anilines is 1. The number of rotatable bonds is 8. The van der Waals surface area contributed by atoms with Crippen LogP contribution in [0.4, 0.5) is 27.7 Å². The van der Waals surface area contributed by atoms with Crippen LogP contribution >= 0.6 is 0 Å². The highest BCUT2D eigenvalue weighted by Gasteiger charge is 2.24. The van der Waals surface area contributed by atoms with Gasteiger partial charge in [0.2, 0.25) is 0 Å². The zero-order chi connectivity index (χ0) is 16.9. The van der Waals surface area contributed by atoms with E-state index in [9.17, 15) is 22.0 Å². The minimum absolute atomic E-state index is 0.101. The van der Waals surface area contributed by atoms with Gasteiger partial charge in [0, 0.05) is 12.7 Å². The minimum Gasteiger partial charge on any atom is -0.418 e. The van der Waals surface area contributed by atoms with Gasteiger partial charge in [-0.1, -0.05) is 10.9 Å². The number of hydrogen-bond donors (Lipinski definition) is 0. The summed E-state index contributed by atoms with van der Waals surface area (Å²) in [5.41, 5.74) is -0.933. The molecule has 0 heterocycles. The maximum absolute atomic E-state index is 13.8. The van der Waals surface area contributed by atoms with Crippen molar-refractivity contribution in [2.75, 3.05) is 18.3 Å². The van der Waals surface area contributed by atoms with Crippen LogP contribution in [0.15, 0.2) is 6.07 Å². The maximum Gasteiger partial charge on any atom is 0.199 e. The standard InChI is InChI=1S/C14H20F5NOSi/c1-4-21-22(2,3)8-6-5-7-20(19)11-9-10(15)12(16)14(18)13(11)17/h9H,4-8H2,1-3H3. The largest absolute Gasteiger partial charge is 0.418 e. The zero-order valence-electron chi connectivity index (χ0n) is 12.9. The van der Waals surface area contributed by atoms with Gasteiger partial charge in [-0.25, -0.2) is 22.7 Å². The average Bonchev–Trinajstić information content (AvgIpc) is 2.45. The molecule has 0 aliphatic rings. The summed E-state index contributed by atoms with van der Waals surface area (Å²) in [5.74, 6) is -7.31. The first-order valence-electron chi connectivity index (χ1n) is 7.10. The first kappa shape index (κ1) is 18.9. The lowest BCUT2D eigenvalue weighted by Crippen LogP contribution is -2.30. The summed E-state index contributed by atoms with van der Waals surface area (Å²) in [6.45, 7) is 6.35. The monoisotopic (exact) mass is 341 g/mol. The molecular formula is C14H20F5NOSi. The lowest BCUT2D eigenvalue weighted by molar-refractivity contribution is 0.327. The molecule has 0 bridgehead atoms. The van der Waals surface area contributed by atoms with E-state index in [-0.39, 0.29) is 11.7 Å². The van der Waals surface area contributed by atoms with Crippen LogP contribution in [0.1, 0.15) is 19.8 Å². The van der Waals surface area contributed by atoms with Crippen LogP contribution in [0.3, 0.4) is 0 Å². The van der Waals surface area contributed by atoms with Gasteiger partial charge in [0.05, 0.1) is 6.54 Å². The molecule has 0 atom stereocenters. The van der Waals surface area contributed by atoms with Gasteiger partial charge in [-0.05, 0) is 32.5 Å². The van der Waals surface area contributed by atoms with Crippen LogP contribution in [0.2, 0.25) is 19.1 Å². The van der Waals surface area contributed by atoms with E-state index in [1.807, 2.05) is 20.0 Å². The van der Waals surface area contributed by atoms with E-state index < -0.39 is 37.3 Å². The Bertz CT molecular complexity index is 512. The molecule has 0 saturated carbocycles. The van der Waals surface area contributed by atoms with Crippen LogP contribution in [0.25, 0.3) is 0 Å². The average molecular weight is 341 g/mol. The predicted molar refractivity (Wildman–Crippen MR) is 77.9 cm³/mol. The van der Waals surface area contributed by atoms with Gasteiger partial charge in [0.1, 0.15) is 5.69 Å². The van der Waals surface area contributed by atoms with Gasteiger partial charge in [0.25, 0.3) is 0 Å². The van der Waals surface area contributed by atoms with Crippen LogP contribution < -0.4 is 5.12 Å². The highest BCUT2D eigenvalue weighted by atomic mass is 28.4. The van der Waals surface area contributed by atoms with Crippen molar-refractivity contribution in [2.24, 2.45) is 0 Å². The van der Waals surface area contributed by atoms with E-state index in [4.69, 9.17) is 4.43 Å². The molecule has 0 aromatic heterocycles. The van der Waals surface area contributed by atoms with Crippen molar-refractivity contribution in [1.29, 1.82) is 0 Å². The van der Waals surface area contributed by atoms with Gasteiger partial charge in [0.15, 0.2) is 31.6 Å². The number of unbranched alkanes of at least 4 members (excludes halogenated alkanes) is 1. The van der Waals surface area contributed by atoms with E-state index >= 15 is 0 Å². The Hall–Kier alpha value is -1.15. The van der Waals surface area contributed by atoms with E-state index in [0.717, 1.165) is 6.04 Å². The number of benzene rings is 1. The fraction of sp³-hybridized carbons (Fsp3) is 0.571. The van der Waals surface area contributed by atoms with E-state index in [1.54, 1.807) is 0 Å². The summed E-state index contributed by atoms with van der Waals surface area (Å²) < 4.78 is 71.7. The molecule has 1 rings (SSSR count). The van der Waals surface area contributed by atoms with Crippen molar-refractivity contribution in [3.63, 3.8) is 0 Å². The molecule has 0 radical (unpaired) electrons. The number of halogens is 5. The molecule has 0 unspecified atom stereocenters. The number of hydrogen-bond acceptors (Lipinski definition) is 2. The second kappa shape index (κ2) is 7.91. The Labute approximate surface area is 127 Å². The quantitative estimate of drug-likeness (QED) is 0.166. The maximum atomic E-state index is 13.8. The Balaban J connectivity index is 2.58. The van der Waals surface area contributed by atoms with E-state index in [0.29, 0.717) is 25.5 Å². The third-order valence-electron chi connectivity index (χ3n) is 3.26. The fourth-order valence-corrected chi connectivity index (χ4v) is 4.15. The lowest BCUT2D eigenvalue weighted by atomic mass is 10.2. The van der Waals surface area contributed by atoms with E-state index in [2.05, 4.69) is 0 Å². The van der Waals surface area contributed by atoms with Crippen LogP contribution in [-0.2, 0) is 4.43 Å². The lowest BCUT2D eigenvalue weighted by Gasteiger charge is -2.22. The summed E-state index contributed by atoms with van der Waals surface area (Å²) in [6, 6.07) is 1.11. The third-order valence-corrected chi connectivity index (χ3v) is 5.89. The molecule has 0 aliphatic heterocycles. The number of nitrogens with zero attached hydrogens (tertiary/aromatic N) is 1. The first-order valence-corrected chi connectivity index (χ1v) is 10.2. The molecule has 126 valence electrons. The molecule has 2 nitrogen and oxygen atoms in total.